The van der Waals surface area contributed by atoms with Gasteiger partial charge < -0.3 is 14.8 Å². The van der Waals surface area contributed by atoms with Crippen molar-refractivity contribution in [1.29, 1.82) is 0 Å². The molecule has 0 aliphatic rings. The zero-order chi connectivity index (χ0) is 18.2. The first-order chi connectivity index (χ1) is 12.0. The van der Waals surface area contributed by atoms with Crippen LogP contribution in [0.2, 0.25) is 0 Å². The molecule has 0 unspecified atom stereocenters. The number of alkyl carbamates (subject to hydrolysis) is 1. The number of esters is 1. The van der Waals surface area contributed by atoms with Crippen LogP contribution >= 0.6 is 15.9 Å². The van der Waals surface area contributed by atoms with Gasteiger partial charge in [0.1, 0.15) is 18.5 Å². The van der Waals surface area contributed by atoms with E-state index in [1.807, 2.05) is 30.3 Å². The lowest BCUT2D eigenvalue weighted by atomic mass is 10.1. The Kier molecular flexibility index (Phi) is 6.94. The number of benzene rings is 2. The summed E-state index contributed by atoms with van der Waals surface area (Å²) in [6, 6.07) is 12.5. The summed E-state index contributed by atoms with van der Waals surface area (Å²) in [6.45, 7) is 0.0627. The summed E-state index contributed by atoms with van der Waals surface area (Å²) in [5.74, 6) is -1.17. The monoisotopic (exact) mass is 409 g/mol. The predicted octanol–water partition coefficient (Wildman–Crippen LogP) is 3.60. The van der Waals surface area contributed by atoms with Gasteiger partial charge >= 0.3 is 12.1 Å². The van der Waals surface area contributed by atoms with E-state index in [9.17, 15) is 14.0 Å². The average Bonchev–Trinajstić information content (AvgIpc) is 2.61. The van der Waals surface area contributed by atoms with Gasteiger partial charge in [0.2, 0.25) is 0 Å². The van der Waals surface area contributed by atoms with E-state index in [4.69, 9.17) is 4.74 Å². The molecule has 2 aromatic rings. The smallest absolute Gasteiger partial charge is 0.408 e. The van der Waals surface area contributed by atoms with Crippen LogP contribution in [0.4, 0.5) is 9.18 Å². The zero-order valence-corrected chi connectivity index (χ0v) is 15.1. The quantitative estimate of drug-likeness (QED) is 0.740. The Balaban J connectivity index is 1.99. The van der Waals surface area contributed by atoms with Crippen LogP contribution in [0.5, 0.6) is 0 Å². The molecule has 0 saturated heterocycles. The topological polar surface area (TPSA) is 64.6 Å². The zero-order valence-electron chi connectivity index (χ0n) is 13.5. The number of hydrogen-bond donors (Lipinski definition) is 1. The van der Waals surface area contributed by atoms with Gasteiger partial charge in [-0.2, -0.15) is 0 Å². The molecule has 0 aliphatic carbocycles. The highest BCUT2D eigenvalue weighted by Crippen LogP contribution is 2.17. The number of carbonyl (C=O) groups excluding carboxylic acids is 2. The molecule has 1 amide bonds. The van der Waals surface area contributed by atoms with E-state index in [1.54, 1.807) is 6.07 Å². The Labute approximate surface area is 153 Å². The van der Waals surface area contributed by atoms with E-state index in [2.05, 4.69) is 26.0 Å². The second-order valence-corrected chi connectivity index (χ2v) is 6.14. The summed E-state index contributed by atoms with van der Waals surface area (Å²) in [5.41, 5.74) is 1.09. The van der Waals surface area contributed by atoms with E-state index in [-0.39, 0.29) is 18.6 Å². The highest BCUT2D eigenvalue weighted by molar-refractivity contribution is 9.10. The molecule has 0 radical (unpaired) electrons. The van der Waals surface area contributed by atoms with Gasteiger partial charge in [0.15, 0.2) is 0 Å². The fourth-order valence-corrected chi connectivity index (χ4v) is 2.48. The minimum atomic E-state index is -1.05. The van der Waals surface area contributed by atoms with Crippen molar-refractivity contribution in [2.45, 2.75) is 19.1 Å². The van der Waals surface area contributed by atoms with Crippen LogP contribution in [0.25, 0.3) is 0 Å². The number of rotatable bonds is 6. The molecule has 0 fully saturated rings. The van der Waals surface area contributed by atoms with Gasteiger partial charge in [0.25, 0.3) is 0 Å². The summed E-state index contributed by atoms with van der Waals surface area (Å²) in [7, 11) is 1.20. The van der Waals surface area contributed by atoms with Crippen molar-refractivity contribution in [3.05, 3.63) is 69.9 Å². The number of ether oxygens (including phenoxy) is 2. The van der Waals surface area contributed by atoms with Crippen LogP contribution < -0.4 is 5.32 Å². The van der Waals surface area contributed by atoms with Gasteiger partial charge in [-0.25, -0.2) is 14.0 Å². The maximum absolute atomic E-state index is 14.0. The lowest BCUT2D eigenvalue weighted by Gasteiger charge is -2.17. The molecule has 1 N–H and O–H groups in total. The van der Waals surface area contributed by atoms with Crippen molar-refractivity contribution < 1.29 is 23.5 Å². The first-order valence-corrected chi connectivity index (χ1v) is 8.28. The molecule has 0 bridgehead atoms. The Bertz CT molecular complexity index is 739. The maximum Gasteiger partial charge on any atom is 0.408 e. The van der Waals surface area contributed by atoms with Crippen molar-refractivity contribution in [1.82, 2.24) is 5.32 Å². The van der Waals surface area contributed by atoms with Crippen molar-refractivity contribution >= 4 is 28.0 Å². The molecule has 0 aromatic heterocycles. The summed E-state index contributed by atoms with van der Waals surface area (Å²) in [6.07, 6.45) is -0.830. The second-order valence-electron chi connectivity index (χ2n) is 5.22. The highest BCUT2D eigenvalue weighted by Gasteiger charge is 2.24. The number of carbonyl (C=O) groups is 2. The standard InChI is InChI=1S/C18H17BrFNO4/c1-24-17(22)16(9-13-7-8-14(19)10-15(13)20)21-18(23)25-11-12-5-3-2-4-6-12/h2-8,10,16H,9,11H2,1H3,(H,21,23)/t16-/m1/s1. The van der Waals surface area contributed by atoms with E-state index in [1.165, 1.54) is 19.2 Å². The van der Waals surface area contributed by atoms with Gasteiger partial charge in [-0.05, 0) is 23.3 Å². The lowest BCUT2D eigenvalue weighted by Crippen LogP contribution is -2.43. The Morgan fingerprint density at radius 2 is 1.92 bits per heavy atom. The summed E-state index contributed by atoms with van der Waals surface area (Å²) >= 11 is 3.17. The molecule has 7 heteroatoms. The minimum Gasteiger partial charge on any atom is -0.467 e. The number of hydrogen-bond acceptors (Lipinski definition) is 4. The molecule has 2 rings (SSSR count). The van der Waals surface area contributed by atoms with Gasteiger partial charge in [-0.1, -0.05) is 52.3 Å². The average molecular weight is 410 g/mol. The molecule has 0 aliphatic heterocycles. The third-order valence-electron chi connectivity index (χ3n) is 3.43. The SMILES string of the molecule is COC(=O)[C@@H](Cc1ccc(Br)cc1F)NC(=O)OCc1ccccc1. The molecule has 0 heterocycles. The number of halogens is 2. The van der Waals surface area contributed by atoms with Crippen molar-refractivity contribution in [2.24, 2.45) is 0 Å². The van der Waals surface area contributed by atoms with Crippen LogP contribution in [0, 0.1) is 5.82 Å². The summed E-state index contributed by atoms with van der Waals surface area (Å²) < 4.78 is 24.3. The Morgan fingerprint density at radius 1 is 1.20 bits per heavy atom. The van der Waals surface area contributed by atoms with Crippen molar-refractivity contribution in [2.75, 3.05) is 7.11 Å². The lowest BCUT2D eigenvalue weighted by molar-refractivity contribution is -0.143. The van der Waals surface area contributed by atoms with E-state index < -0.39 is 23.9 Å². The molecular formula is C18H17BrFNO4. The molecule has 0 saturated carbocycles. The molecule has 25 heavy (non-hydrogen) atoms. The number of nitrogens with one attached hydrogen (secondary N) is 1. The van der Waals surface area contributed by atoms with Gasteiger partial charge in [0, 0.05) is 10.9 Å². The predicted molar refractivity (Wildman–Crippen MR) is 93.4 cm³/mol. The Hall–Kier alpha value is -2.41. The van der Waals surface area contributed by atoms with Crippen LogP contribution in [-0.2, 0) is 27.3 Å². The van der Waals surface area contributed by atoms with Crippen LogP contribution in [0.3, 0.4) is 0 Å². The largest absolute Gasteiger partial charge is 0.467 e. The summed E-state index contributed by atoms with van der Waals surface area (Å²) in [4.78, 5) is 23.8. The number of amides is 1. The number of methoxy groups -OCH3 is 1. The molecular weight excluding hydrogens is 393 g/mol. The minimum absolute atomic E-state index is 0.0494. The van der Waals surface area contributed by atoms with Gasteiger partial charge in [0.05, 0.1) is 7.11 Å². The first-order valence-electron chi connectivity index (χ1n) is 7.48. The molecule has 0 spiro atoms. The van der Waals surface area contributed by atoms with Crippen LogP contribution in [0.15, 0.2) is 53.0 Å². The van der Waals surface area contributed by atoms with Crippen LogP contribution in [0.1, 0.15) is 11.1 Å². The van der Waals surface area contributed by atoms with Crippen molar-refractivity contribution in [3.8, 4) is 0 Å². The molecule has 132 valence electrons. The van der Waals surface area contributed by atoms with E-state index in [0.29, 0.717) is 4.47 Å². The van der Waals surface area contributed by atoms with Gasteiger partial charge in [-0.3, -0.25) is 0 Å². The normalized spacial score (nSPS) is 11.5. The second kappa shape index (κ2) is 9.17. The fraction of sp³-hybridized carbons (Fsp3) is 0.222. The third kappa shape index (κ3) is 5.86. The maximum atomic E-state index is 14.0. The molecule has 1 atom stereocenters. The Morgan fingerprint density at radius 3 is 2.56 bits per heavy atom. The van der Waals surface area contributed by atoms with Gasteiger partial charge in [-0.15, -0.1) is 0 Å². The van der Waals surface area contributed by atoms with E-state index >= 15 is 0 Å². The summed E-state index contributed by atoms with van der Waals surface area (Å²) in [5, 5.41) is 2.41. The van der Waals surface area contributed by atoms with Crippen molar-refractivity contribution in [3.63, 3.8) is 0 Å². The van der Waals surface area contributed by atoms with E-state index in [0.717, 1.165) is 5.56 Å². The third-order valence-corrected chi connectivity index (χ3v) is 3.92. The molecule has 2 aromatic carbocycles. The van der Waals surface area contributed by atoms with Crippen LogP contribution in [-0.4, -0.2) is 25.2 Å². The first kappa shape index (κ1) is 18.9. The highest BCUT2D eigenvalue weighted by atomic mass is 79.9. The fourth-order valence-electron chi connectivity index (χ4n) is 2.15. The molecule has 5 nitrogen and oxygen atoms in total.